The Morgan fingerprint density at radius 2 is 2.04 bits per heavy atom. The summed E-state index contributed by atoms with van der Waals surface area (Å²) in [6.45, 7) is 7.24. The van der Waals surface area contributed by atoms with E-state index in [9.17, 15) is 4.39 Å². The lowest BCUT2D eigenvalue weighted by Crippen LogP contribution is -2.43. The molecular weight excluding hydrogens is 353 g/mol. The zero-order valence-corrected chi connectivity index (χ0v) is 16.2. The second kappa shape index (κ2) is 7.26. The number of H-pyrrole nitrogens is 1. The molecule has 0 radical (unpaired) electrons. The van der Waals surface area contributed by atoms with Crippen LogP contribution in [0, 0.1) is 18.7 Å². The molecule has 3 aliphatic rings. The molecule has 3 aromatic rings. The highest BCUT2D eigenvalue weighted by Crippen LogP contribution is 2.30. The van der Waals surface area contributed by atoms with Gasteiger partial charge in [-0.25, -0.2) is 9.37 Å². The minimum absolute atomic E-state index is 0.209. The van der Waals surface area contributed by atoms with E-state index in [1.807, 2.05) is 12.1 Å². The summed E-state index contributed by atoms with van der Waals surface area (Å²) in [5, 5.41) is 0.863. The predicted molar refractivity (Wildman–Crippen MR) is 107 cm³/mol. The fourth-order valence-corrected chi connectivity index (χ4v) is 4.79. The van der Waals surface area contributed by atoms with Crippen molar-refractivity contribution in [3.05, 3.63) is 59.6 Å². The summed E-state index contributed by atoms with van der Waals surface area (Å²) in [4.78, 5) is 17.6. The molecular formula is C22H26FN5. The summed E-state index contributed by atoms with van der Waals surface area (Å²) in [5.41, 5.74) is 4.28. The maximum atomic E-state index is 13.4. The first-order chi connectivity index (χ1) is 13.6. The van der Waals surface area contributed by atoms with Gasteiger partial charge in [0.1, 0.15) is 5.82 Å². The van der Waals surface area contributed by atoms with E-state index < -0.39 is 0 Å². The Kier molecular flexibility index (Phi) is 4.61. The number of rotatable bonds is 4. The smallest absolute Gasteiger partial charge is 0.123 e. The van der Waals surface area contributed by atoms with E-state index in [1.54, 1.807) is 18.5 Å². The number of nitrogens with zero attached hydrogens (tertiary/aromatic N) is 4. The minimum Gasteiger partial charge on any atom is -0.348 e. The Bertz CT molecular complexity index is 984. The van der Waals surface area contributed by atoms with Crippen LogP contribution in [0.3, 0.4) is 0 Å². The average molecular weight is 379 g/mol. The maximum absolute atomic E-state index is 13.4. The van der Waals surface area contributed by atoms with Gasteiger partial charge < -0.3 is 4.98 Å². The van der Waals surface area contributed by atoms with E-state index in [2.05, 4.69) is 26.7 Å². The first-order valence-electron chi connectivity index (χ1n) is 10.1. The van der Waals surface area contributed by atoms with Crippen LogP contribution in [-0.4, -0.2) is 50.4 Å². The van der Waals surface area contributed by atoms with Gasteiger partial charge in [0.05, 0.1) is 23.2 Å². The lowest BCUT2D eigenvalue weighted by atomic mass is 9.95. The standard InChI is InChI=1S/C22H26FN5/c1-15-22(25-14-24-15)13-27-9-16-2-6-20(12-27)28(10-16)11-19-5-3-17-8-18(23)4-7-21(17)26-19/h3-5,7-8,14,16,20H,2,6,9-13H2,1H3,(H,24,25)/t16-,20+/m1/s1. The fourth-order valence-electron chi connectivity index (χ4n) is 4.79. The lowest BCUT2D eigenvalue weighted by molar-refractivity contribution is 0.121. The van der Waals surface area contributed by atoms with Gasteiger partial charge in [0.15, 0.2) is 0 Å². The molecule has 2 atom stereocenters. The predicted octanol–water partition coefficient (Wildman–Crippen LogP) is 3.50. The third kappa shape index (κ3) is 3.54. The van der Waals surface area contributed by atoms with Crippen LogP contribution in [0.15, 0.2) is 36.7 Å². The summed E-state index contributed by atoms with van der Waals surface area (Å²) >= 11 is 0. The van der Waals surface area contributed by atoms with Crippen molar-refractivity contribution in [3.63, 3.8) is 0 Å². The fraction of sp³-hybridized carbons (Fsp3) is 0.455. The molecule has 6 heteroatoms. The van der Waals surface area contributed by atoms with Gasteiger partial charge in [-0.15, -0.1) is 0 Å². The van der Waals surface area contributed by atoms with Gasteiger partial charge in [0, 0.05) is 49.8 Å². The van der Waals surface area contributed by atoms with Crippen LogP contribution in [0.25, 0.3) is 10.9 Å². The third-order valence-corrected chi connectivity index (χ3v) is 6.28. The molecule has 3 fully saturated rings. The van der Waals surface area contributed by atoms with Crippen molar-refractivity contribution >= 4 is 10.9 Å². The third-order valence-electron chi connectivity index (χ3n) is 6.28. The highest BCUT2D eigenvalue weighted by molar-refractivity contribution is 5.78. The molecule has 1 aromatic carbocycles. The van der Waals surface area contributed by atoms with Crippen LogP contribution in [0.2, 0.25) is 0 Å². The number of benzene rings is 1. The Labute approximate surface area is 164 Å². The van der Waals surface area contributed by atoms with Crippen molar-refractivity contribution in [1.29, 1.82) is 0 Å². The van der Waals surface area contributed by atoms with Crippen LogP contribution in [-0.2, 0) is 13.1 Å². The maximum Gasteiger partial charge on any atom is 0.123 e. The number of nitrogens with one attached hydrogen (secondary N) is 1. The number of hydrogen-bond donors (Lipinski definition) is 1. The molecule has 0 spiro atoms. The number of aromatic nitrogens is 3. The van der Waals surface area contributed by atoms with Crippen molar-refractivity contribution in [1.82, 2.24) is 24.8 Å². The molecule has 0 aliphatic carbocycles. The molecule has 2 bridgehead atoms. The largest absolute Gasteiger partial charge is 0.348 e. The zero-order valence-electron chi connectivity index (χ0n) is 16.2. The van der Waals surface area contributed by atoms with Crippen LogP contribution >= 0.6 is 0 Å². The quantitative estimate of drug-likeness (QED) is 0.754. The summed E-state index contributed by atoms with van der Waals surface area (Å²) in [7, 11) is 0. The number of fused-ring (bicyclic) bond motifs is 5. The van der Waals surface area contributed by atoms with E-state index in [1.165, 1.54) is 24.6 Å². The van der Waals surface area contributed by atoms with Crippen molar-refractivity contribution in [3.8, 4) is 0 Å². The van der Waals surface area contributed by atoms with Crippen LogP contribution in [0.4, 0.5) is 4.39 Å². The van der Waals surface area contributed by atoms with Gasteiger partial charge in [-0.1, -0.05) is 6.07 Å². The molecule has 3 aliphatic heterocycles. The summed E-state index contributed by atoms with van der Waals surface area (Å²) in [6.07, 6.45) is 4.35. The Balaban J connectivity index is 1.31. The number of hydrogen-bond acceptors (Lipinski definition) is 4. The van der Waals surface area contributed by atoms with Crippen LogP contribution in [0.5, 0.6) is 0 Å². The van der Waals surface area contributed by atoms with Gasteiger partial charge in [0.2, 0.25) is 0 Å². The van der Waals surface area contributed by atoms with Crippen molar-refractivity contribution in [2.45, 2.75) is 38.9 Å². The molecule has 6 rings (SSSR count). The number of piperidine rings is 1. The minimum atomic E-state index is -0.209. The van der Waals surface area contributed by atoms with Gasteiger partial charge >= 0.3 is 0 Å². The van der Waals surface area contributed by atoms with Crippen LogP contribution < -0.4 is 0 Å². The van der Waals surface area contributed by atoms with Gasteiger partial charge in [-0.05, 0) is 49.9 Å². The highest BCUT2D eigenvalue weighted by atomic mass is 19.1. The molecule has 0 unspecified atom stereocenters. The van der Waals surface area contributed by atoms with Crippen LogP contribution in [0.1, 0.15) is 29.9 Å². The molecule has 3 saturated heterocycles. The molecule has 5 nitrogen and oxygen atoms in total. The molecule has 0 amide bonds. The SMILES string of the molecule is Cc1[nH]cnc1CN1C[C@H]2CC[C@@H](C1)N(Cc1ccc3cc(F)ccc3n1)C2. The Morgan fingerprint density at radius 3 is 2.89 bits per heavy atom. The van der Waals surface area contributed by atoms with Gasteiger partial charge in [-0.3, -0.25) is 14.8 Å². The Hall–Kier alpha value is -2.31. The van der Waals surface area contributed by atoms with Gasteiger partial charge in [0.25, 0.3) is 0 Å². The van der Waals surface area contributed by atoms with Crippen molar-refractivity contribution < 1.29 is 4.39 Å². The van der Waals surface area contributed by atoms with Crippen molar-refractivity contribution in [2.75, 3.05) is 19.6 Å². The second-order valence-electron chi connectivity index (χ2n) is 8.33. The molecule has 28 heavy (non-hydrogen) atoms. The van der Waals surface area contributed by atoms with Gasteiger partial charge in [-0.2, -0.15) is 0 Å². The topological polar surface area (TPSA) is 48.1 Å². The first-order valence-corrected chi connectivity index (χ1v) is 10.1. The number of halogens is 1. The lowest BCUT2D eigenvalue weighted by Gasteiger charge is -2.36. The van der Waals surface area contributed by atoms with E-state index >= 15 is 0 Å². The monoisotopic (exact) mass is 379 g/mol. The molecule has 0 saturated carbocycles. The number of aryl methyl sites for hydroxylation is 1. The number of aromatic amines is 1. The van der Waals surface area contributed by atoms with E-state index in [0.717, 1.165) is 55.0 Å². The molecule has 2 aromatic heterocycles. The first kappa shape index (κ1) is 17.8. The summed E-state index contributed by atoms with van der Waals surface area (Å²) < 4.78 is 13.4. The summed E-state index contributed by atoms with van der Waals surface area (Å²) in [5.74, 6) is 0.492. The van der Waals surface area contributed by atoms with E-state index in [4.69, 9.17) is 4.98 Å². The Morgan fingerprint density at radius 1 is 1.11 bits per heavy atom. The molecule has 146 valence electrons. The highest BCUT2D eigenvalue weighted by Gasteiger charge is 2.35. The van der Waals surface area contributed by atoms with E-state index in [0.29, 0.717) is 12.0 Å². The number of pyridine rings is 1. The zero-order chi connectivity index (χ0) is 19.1. The normalized spacial score (nSPS) is 23.4. The molecule has 1 N–H and O–H groups in total. The second-order valence-corrected chi connectivity index (χ2v) is 8.33. The summed E-state index contributed by atoms with van der Waals surface area (Å²) in [6, 6.07) is 9.41. The van der Waals surface area contributed by atoms with E-state index in [-0.39, 0.29) is 5.82 Å². The average Bonchev–Trinajstić information content (AvgIpc) is 2.89. The van der Waals surface area contributed by atoms with Crippen molar-refractivity contribution in [2.24, 2.45) is 5.92 Å². The molecule has 5 heterocycles. The number of imidazole rings is 1.